The van der Waals surface area contributed by atoms with E-state index in [0.29, 0.717) is 23.0 Å². The third-order valence-corrected chi connectivity index (χ3v) is 3.91. The molecule has 0 aliphatic carbocycles. The second kappa shape index (κ2) is 8.03. The van der Waals surface area contributed by atoms with Crippen molar-refractivity contribution >= 4 is 18.0 Å². The number of benzene rings is 3. The Bertz CT molecular complexity index is 900. The fourth-order valence-corrected chi connectivity index (χ4v) is 2.53. The Balaban J connectivity index is 1.89. The number of aldehydes is 1. The molecule has 1 atom stereocenters. The van der Waals surface area contributed by atoms with Crippen LogP contribution in [0.2, 0.25) is 0 Å². The summed E-state index contributed by atoms with van der Waals surface area (Å²) in [6.07, 6.45) is -0.349. The van der Waals surface area contributed by atoms with Gasteiger partial charge in [0.05, 0.1) is 5.56 Å². The van der Waals surface area contributed by atoms with Crippen LogP contribution in [-0.4, -0.2) is 18.0 Å². The topological polar surface area (TPSA) is 60.4 Å². The van der Waals surface area contributed by atoms with Gasteiger partial charge in [0.15, 0.2) is 6.10 Å². The summed E-state index contributed by atoms with van der Waals surface area (Å²) in [7, 11) is 0. The van der Waals surface area contributed by atoms with E-state index in [2.05, 4.69) is 0 Å². The van der Waals surface area contributed by atoms with Crippen LogP contribution in [0.5, 0.6) is 0 Å². The van der Waals surface area contributed by atoms with Crippen LogP contribution in [-0.2, 0) is 4.74 Å². The van der Waals surface area contributed by atoms with Crippen LogP contribution in [0.4, 0.5) is 0 Å². The zero-order chi connectivity index (χ0) is 18.4. The number of rotatable bonds is 6. The highest BCUT2D eigenvalue weighted by molar-refractivity contribution is 6.02. The first kappa shape index (κ1) is 17.3. The van der Waals surface area contributed by atoms with Crippen LogP contribution in [0.15, 0.2) is 84.9 Å². The van der Waals surface area contributed by atoms with Gasteiger partial charge in [-0.3, -0.25) is 9.59 Å². The van der Waals surface area contributed by atoms with Crippen molar-refractivity contribution in [1.82, 2.24) is 0 Å². The number of hydrogen-bond acceptors (Lipinski definition) is 4. The summed E-state index contributed by atoms with van der Waals surface area (Å²) in [6.45, 7) is 0. The summed E-state index contributed by atoms with van der Waals surface area (Å²) in [5.74, 6) is -0.921. The molecule has 0 N–H and O–H groups in total. The first-order valence-corrected chi connectivity index (χ1v) is 8.09. The van der Waals surface area contributed by atoms with Gasteiger partial charge in [-0.2, -0.15) is 0 Å². The predicted molar refractivity (Wildman–Crippen MR) is 97.2 cm³/mol. The molecule has 4 nitrogen and oxygen atoms in total. The first-order chi connectivity index (χ1) is 12.7. The third-order valence-electron chi connectivity index (χ3n) is 3.91. The highest BCUT2D eigenvalue weighted by Crippen LogP contribution is 2.24. The molecule has 26 heavy (non-hydrogen) atoms. The second-order valence-electron chi connectivity index (χ2n) is 5.67. The Hall–Kier alpha value is -3.53. The minimum atomic E-state index is -1.04. The maximum absolute atomic E-state index is 12.9. The number of carbonyl (C=O) groups excluding carboxylic acids is 3. The number of hydrogen-bond donors (Lipinski definition) is 0. The Morgan fingerprint density at radius 3 is 1.88 bits per heavy atom. The van der Waals surface area contributed by atoms with Crippen molar-refractivity contribution in [2.24, 2.45) is 0 Å². The molecule has 128 valence electrons. The lowest BCUT2D eigenvalue weighted by Gasteiger charge is -2.17. The van der Waals surface area contributed by atoms with Crippen LogP contribution in [0.3, 0.4) is 0 Å². The Kier molecular flexibility index (Phi) is 5.34. The van der Waals surface area contributed by atoms with Crippen molar-refractivity contribution in [3.63, 3.8) is 0 Å². The maximum Gasteiger partial charge on any atom is 0.339 e. The van der Waals surface area contributed by atoms with Gasteiger partial charge in [-0.1, -0.05) is 72.8 Å². The van der Waals surface area contributed by atoms with Gasteiger partial charge < -0.3 is 4.74 Å². The SMILES string of the molecule is O=Cc1ccc(C(=O)OC(C(=O)c2ccccc2)c2ccccc2)cc1. The molecule has 0 heterocycles. The largest absolute Gasteiger partial charge is 0.445 e. The number of esters is 1. The van der Waals surface area contributed by atoms with Crippen LogP contribution in [0, 0.1) is 0 Å². The standard InChI is InChI=1S/C22H16O4/c23-15-16-11-13-19(14-12-16)22(25)26-21(18-9-5-2-6-10-18)20(24)17-7-3-1-4-8-17/h1-15,21H. The molecule has 0 aliphatic heterocycles. The summed E-state index contributed by atoms with van der Waals surface area (Å²) >= 11 is 0. The van der Waals surface area contributed by atoms with Gasteiger partial charge in [-0.15, -0.1) is 0 Å². The lowest BCUT2D eigenvalue weighted by molar-refractivity contribution is 0.0280. The molecular formula is C22H16O4. The van der Waals surface area contributed by atoms with E-state index in [-0.39, 0.29) is 11.3 Å². The summed E-state index contributed by atoms with van der Waals surface area (Å²) in [4.78, 5) is 36.1. The van der Waals surface area contributed by atoms with E-state index >= 15 is 0 Å². The van der Waals surface area contributed by atoms with Gasteiger partial charge in [-0.25, -0.2) is 4.79 Å². The molecular weight excluding hydrogens is 328 g/mol. The van der Waals surface area contributed by atoms with Crippen LogP contribution < -0.4 is 0 Å². The molecule has 0 saturated heterocycles. The molecule has 0 aromatic heterocycles. The lowest BCUT2D eigenvalue weighted by atomic mass is 9.99. The fraction of sp³-hybridized carbons (Fsp3) is 0.0455. The Morgan fingerprint density at radius 1 is 0.731 bits per heavy atom. The molecule has 3 rings (SSSR count). The summed E-state index contributed by atoms with van der Waals surface area (Å²) in [5.41, 5.74) is 1.79. The summed E-state index contributed by atoms with van der Waals surface area (Å²) < 4.78 is 5.54. The van der Waals surface area contributed by atoms with Gasteiger partial charge in [0.2, 0.25) is 5.78 Å². The molecule has 0 spiro atoms. The molecule has 1 unspecified atom stereocenters. The van der Waals surface area contributed by atoms with E-state index in [1.165, 1.54) is 24.3 Å². The molecule has 0 bridgehead atoms. The number of carbonyl (C=O) groups is 3. The van der Waals surface area contributed by atoms with Crippen molar-refractivity contribution in [3.05, 3.63) is 107 Å². The average Bonchev–Trinajstić information content (AvgIpc) is 2.72. The smallest absolute Gasteiger partial charge is 0.339 e. The summed E-state index contributed by atoms with van der Waals surface area (Å²) in [6, 6.07) is 23.6. The highest BCUT2D eigenvalue weighted by atomic mass is 16.5. The maximum atomic E-state index is 12.9. The molecule has 3 aromatic carbocycles. The quantitative estimate of drug-likeness (QED) is 0.380. The van der Waals surface area contributed by atoms with Crippen molar-refractivity contribution < 1.29 is 19.1 Å². The van der Waals surface area contributed by atoms with Crippen LogP contribution in [0.1, 0.15) is 42.7 Å². The van der Waals surface area contributed by atoms with Crippen LogP contribution >= 0.6 is 0 Å². The van der Waals surface area contributed by atoms with E-state index in [9.17, 15) is 14.4 Å². The molecule has 4 heteroatoms. The van der Waals surface area contributed by atoms with Gasteiger partial charge >= 0.3 is 5.97 Å². The normalized spacial score (nSPS) is 11.4. The second-order valence-corrected chi connectivity index (χ2v) is 5.67. The molecule has 0 fully saturated rings. The minimum absolute atomic E-state index is 0.275. The zero-order valence-corrected chi connectivity index (χ0v) is 13.9. The molecule has 0 radical (unpaired) electrons. The van der Waals surface area contributed by atoms with Crippen molar-refractivity contribution in [1.29, 1.82) is 0 Å². The van der Waals surface area contributed by atoms with E-state index in [1.54, 1.807) is 48.5 Å². The lowest BCUT2D eigenvalue weighted by Crippen LogP contribution is -2.20. The number of ketones is 1. The van der Waals surface area contributed by atoms with Gasteiger partial charge in [-0.05, 0) is 12.1 Å². The van der Waals surface area contributed by atoms with Crippen molar-refractivity contribution in [2.45, 2.75) is 6.10 Å². The predicted octanol–water partition coefficient (Wildman–Crippen LogP) is 4.28. The average molecular weight is 344 g/mol. The highest BCUT2D eigenvalue weighted by Gasteiger charge is 2.26. The Morgan fingerprint density at radius 2 is 1.31 bits per heavy atom. The van der Waals surface area contributed by atoms with E-state index in [0.717, 1.165) is 0 Å². The fourth-order valence-electron chi connectivity index (χ4n) is 2.53. The van der Waals surface area contributed by atoms with Crippen LogP contribution in [0.25, 0.3) is 0 Å². The first-order valence-electron chi connectivity index (χ1n) is 8.09. The van der Waals surface area contributed by atoms with E-state index < -0.39 is 12.1 Å². The number of Topliss-reactive ketones (excluding diaryl/α,β-unsaturated/α-hetero) is 1. The van der Waals surface area contributed by atoms with Gasteiger partial charge in [0, 0.05) is 16.7 Å². The number of ether oxygens (including phenoxy) is 1. The van der Waals surface area contributed by atoms with E-state index in [1.807, 2.05) is 12.1 Å². The van der Waals surface area contributed by atoms with Gasteiger partial charge in [0.1, 0.15) is 6.29 Å². The molecule has 0 amide bonds. The van der Waals surface area contributed by atoms with Crippen molar-refractivity contribution in [2.75, 3.05) is 0 Å². The minimum Gasteiger partial charge on any atom is -0.445 e. The molecule has 3 aromatic rings. The van der Waals surface area contributed by atoms with Crippen molar-refractivity contribution in [3.8, 4) is 0 Å². The third kappa shape index (κ3) is 3.92. The summed E-state index contributed by atoms with van der Waals surface area (Å²) in [5, 5.41) is 0. The molecule has 0 saturated carbocycles. The van der Waals surface area contributed by atoms with Gasteiger partial charge in [0.25, 0.3) is 0 Å². The Labute approximate surface area is 151 Å². The molecule has 0 aliphatic rings. The monoisotopic (exact) mass is 344 g/mol. The van der Waals surface area contributed by atoms with E-state index in [4.69, 9.17) is 4.74 Å². The zero-order valence-electron chi connectivity index (χ0n) is 13.9.